The second-order valence-electron chi connectivity index (χ2n) is 7.38. The Kier molecular flexibility index (Phi) is 5.86. The summed E-state index contributed by atoms with van der Waals surface area (Å²) in [5.74, 6) is 1.53. The third-order valence-corrected chi connectivity index (χ3v) is 5.32. The lowest BCUT2D eigenvalue weighted by Crippen LogP contribution is -2.40. The van der Waals surface area contributed by atoms with E-state index in [1.165, 1.54) is 43.6 Å². The summed E-state index contributed by atoms with van der Waals surface area (Å²) in [6.45, 7) is 11.6. The van der Waals surface area contributed by atoms with Gasteiger partial charge in [0.15, 0.2) is 0 Å². The fourth-order valence-corrected chi connectivity index (χ4v) is 3.62. The zero-order valence-electron chi connectivity index (χ0n) is 14.3. The number of hydrogen-bond acceptors (Lipinski definition) is 3. The molecule has 1 aliphatic carbocycles. The molecule has 0 aromatic rings. The molecule has 1 saturated heterocycles. The van der Waals surface area contributed by atoms with Crippen molar-refractivity contribution in [1.29, 1.82) is 0 Å². The van der Waals surface area contributed by atoms with Gasteiger partial charge in [0, 0.05) is 24.8 Å². The van der Waals surface area contributed by atoms with Gasteiger partial charge in [-0.3, -0.25) is 4.99 Å². The number of nitrogens with zero attached hydrogens (tertiary/aromatic N) is 2. The maximum absolute atomic E-state index is 5.87. The van der Waals surface area contributed by atoms with Gasteiger partial charge in [0.05, 0.1) is 6.04 Å². The lowest BCUT2D eigenvalue weighted by Gasteiger charge is -2.34. The van der Waals surface area contributed by atoms with Crippen LogP contribution in [-0.2, 0) is 0 Å². The van der Waals surface area contributed by atoms with Crippen molar-refractivity contribution in [3.05, 3.63) is 11.8 Å². The van der Waals surface area contributed by atoms with Crippen molar-refractivity contribution in [3.8, 4) is 0 Å². The van der Waals surface area contributed by atoms with Crippen LogP contribution in [0, 0.1) is 11.8 Å². The molecule has 3 nitrogen and oxygen atoms in total. The summed E-state index contributed by atoms with van der Waals surface area (Å²) in [6, 6.07) is 1.18. The SMILES string of the molecule is CC(C)C1CCC(=NC2CCN(C(C)C)CC2)/C(=C\N)C1. The molecule has 1 atom stereocenters. The molecule has 1 saturated carbocycles. The lowest BCUT2D eigenvalue weighted by molar-refractivity contribution is 0.173. The van der Waals surface area contributed by atoms with Crippen LogP contribution in [0.25, 0.3) is 0 Å². The van der Waals surface area contributed by atoms with Crippen LogP contribution in [0.4, 0.5) is 0 Å². The van der Waals surface area contributed by atoms with Gasteiger partial charge < -0.3 is 10.6 Å². The molecule has 1 unspecified atom stereocenters. The number of hydrogen-bond donors (Lipinski definition) is 1. The van der Waals surface area contributed by atoms with Crippen LogP contribution >= 0.6 is 0 Å². The van der Waals surface area contributed by atoms with E-state index in [1.807, 2.05) is 6.20 Å². The molecular weight excluding hydrogens is 258 g/mol. The van der Waals surface area contributed by atoms with Crippen molar-refractivity contribution in [2.24, 2.45) is 22.6 Å². The van der Waals surface area contributed by atoms with Gasteiger partial charge in [-0.2, -0.15) is 0 Å². The fraction of sp³-hybridized carbons (Fsp3) is 0.833. The number of aliphatic imine (C=N–C) groups is 1. The van der Waals surface area contributed by atoms with E-state index >= 15 is 0 Å². The van der Waals surface area contributed by atoms with Crippen molar-refractivity contribution in [1.82, 2.24) is 4.90 Å². The van der Waals surface area contributed by atoms with Gasteiger partial charge in [-0.1, -0.05) is 13.8 Å². The Morgan fingerprint density at radius 2 is 1.81 bits per heavy atom. The Morgan fingerprint density at radius 3 is 2.33 bits per heavy atom. The molecule has 0 bridgehead atoms. The van der Waals surface area contributed by atoms with Crippen molar-refractivity contribution in [2.45, 2.75) is 71.9 Å². The van der Waals surface area contributed by atoms with Gasteiger partial charge in [0.25, 0.3) is 0 Å². The highest BCUT2D eigenvalue weighted by Gasteiger charge is 2.26. The number of likely N-dealkylation sites (tertiary alicyclic amines) is 1. The minimum atomic E-state index is 0.514. The minimum Gasteiger partial charge on any atom is -0.404 e. The van der Waals surface area contributed by atoms with Crippen molar-refractivity contribution >= 4 is 5.71 Å². The molecule has 2 rings (SSSR count). The first kappa shape index (κ1) is 16.5. The molecule has 2 aliphatic rings. The highest BCUT2D eigenvalue weighted by molar-refractivity contribution is 6.00. The van der Waals surface area contributed by atoms with E-state index in [1.54, 1.807) is 0 Å². The Hall–Kier alpha value is -0.830. The van der Waals surface area contributed by atoms with Crippen molar-refractivity contribution in [3.63, 3.8) is 0 Å². The average molecular weight is 291 g/mol. The van der Waals surface area contributed by atoms with Gasteiger partial charge in [-0.25, -0.2) is 0 Å². The number of nitrogens with two attached hydrogens (primary N) is 1. The van der Waals surface area contributed by atoms with Crippen LogP contribution in [0.15, 0.2) is 16.8 Å². The number of piperidine rings is 1. The van der Waals surface area contributed by atoms with Crippen LogP contribution in [0.5, 0.6) is 0 Å². The summed E-state index contributed by atoms with van der Waals surface area (Å²) in [5, 5.41) is 0. The molecule has 0 radical (unpaired) electrons. The van der Waals surface area contributed by atoms with E-state index < -0.39 is 0 Å². The fourth-order valence-electron chi connectivity index (χ4n) is 3.62. The molecular formula is C18H33N3. The van der Waals surface area contributed by atoms with Gasteiger partial charge >= 0.3 is 0 Å². The molecule has 1 heterocycles. The van der Waals surface area contributed by atoms with Crippen LogP contribution in [0.1, 0.15) is 59.8 Å². The monoisotopic (exact) mass is 291 g/mol. The van der Waals surface area contributed by atoms with E-state index in [2.05, 4.69) is 32.6 Å². The average Bonchev–Trinajstić information content (AvgIpc) is 2.48. The Labute approximate surface area is 130 Å². The normalized spacial score (nSPS) is 29.9. The molecule has 2 fully saturated rings. The molecule has 3 heteroatoms. The van der Waals surface area contributed by atoms with Crippen LogP contribution in [-0.4, -0.2) is 35.8 Å². The van der Waals surface area contributed by atoms with E-state index in [0.717, 1.165) is 24.7 Å². The summed E-state index contributed by atoms with van der Waals surface area (Å²) < 4.78 is 0. The third kappa shape index (κ3) is 4.32. The predicted molar refractivity (Wildman–Crippen MR) is 91.6 cm³/mol. The van der Waals surface area contributed by atoms with Crippen LogP contribution in [0.3, 0.4) is 0 Å². The molecule has 1 aliphatic heterocycles. The Morgan fingerprint density at radius 1 is 1.14 bits per heavy atom. The smallest absolute Gasteiger partial charge is 0.0527 e. The summed E-state index contributed by atoms with van der Waals surface area (Å²) in [4.78, 5) is 7.64. The van der Waals surface area contributed by atoms with Crippen LogP contribution < -0.4 is 5.73 Å². The predicted octanol–water partition coefficient (Wildman–Crippen LogP) is 3.60. The topological polar surface area (TPSA) is 41.6 Å². The number of rotatable bonds is 3. The van der Waals surface area contributed by atoms with E-state index in [0.29, 0.717) is 12.1 Å². The van der Waals surface area contributed by atoms with Gasteiger partial charge in [0.1, 0.15) is 0 Å². The molecule has 120 valence electrons. The lowest BCUT2D eigenvalue weighted by atomic mass is 9.78. The highest BCUT2D eigenvalue weighted by atomic mass is 15.2. The largest absolute Gasteiger partial charge is 0.404 e. The van der Waals surface area contributed by atoms with Gasteiger partial charge in [0.2, 0.25) is 0 Å². The molecule has 0 spiro atoms. The second-order valence-corrected chi connectivity index (χ2v) is 7.38. The van der Waals surface area contributed by atoms with E-state index in [9.17, 15) is 0 Å². The van der Waals surface area contributed by atoms with E-state index in [-0.39, 0.29) is 0 Å². The number of allylic oxidation sites excluding steroid dienone is 1. The molecule has 0 aromatic heterocycles. The van der Waals surface area contributed by atoms with Crippen molar-refractivity contribution < 1.29 is 0 Å². The Balaban J connectivity index is 1.95. The summed E-state index contributed by atoms with van der Waals surface area (Å²) >= 11 is 0. The van der Waals surface area contributed by atoms with Crippen molar-refractivity contribution in [2.75, 3.05) is 13.1 Å². The standard InChI is InChI=1S/C18H33N3/c1-13(2)15-5-6-18(16(11-15)12-19)20-17-7-9-21(10-8-17)14(3)4/h12-15,17H,5-11,19H2,1-4H3/b16-12-,20-18?. The van der Waals surface area contributed by atoms with Crippen LogP contribution in [0.2, 0.25) is 0 Å². The third-order valence-electron chi connectivity index (χ3n) is 5.32. The van der Waals surface area contributed by atoms with Gasteiger partial charge in [-0.05, 0) is 69.6 Å². The quantitative estimate of drug-likeness (QED) is 0.863. The first-order chi connectivity index (χ1) is 10.0. The molecule has 21 heavy (non-hydrogen) atoms. The van der Waals surface area contributed by atoms with Gasteiger partial charge in [-0.15, -0.1) is 0 Å². The summed E-state index contributed by atoms with van der Waals surface area (Å²) in [7, 11) is 0. The maximum Gasteiger partial charge on any atom is 0.0527 e. The first-order valence-corrected chi connectivity index (χ1v) is 8.73. The zero-order valence-corrected chi connectivity index (χ0v) is 14.3. The summed E-state index contributed by atoms with van der Waals surface area (Å²) in [5.41, 5.74) is 8.49. The van der Waals surface area contributed by atoms with E-state index in [4.69, 9.17) is 10.7 Å². The highest BCUT2D eigenvalue weighted by Crippen LogP contribution is 2.32. The zero-order chi connectivity index (χ0) is 15.4. The molecule has 2 N–H and O–H groups in total. The molecule has 0 amide bonds. The Bertz CT molecular complexity index is 387. The summed E-state index contributed by atoms with van der Waals surface area (Å²) in [6.07, 6.45) is 7.74. The first-order valence-electron chi connectivity index (χ1n) is 8.73. The second kappa shape index (κ2) is 7.44. The molecule has 0 aromatic carbocycles. The minimum absolute atomic E-state index is 0.514. The maximum atomic E-state index is 5.87.